The summed E-state index contributed by atoms with van der Waals surface area (Å²) in [5.41, 5.74) is 0. The minimum absolute atomic E-state index is 0.147. The molecule has 0 spiro atoms. The van der Waals surface area contributed by atoms with Crippen LogP contribution in [0.3, 0.4) is 0 Å². The topological polar surface area (TPSA) is 70.7 Å². The van der Waals surface area contributed by atoms with Crippen LogP contribution in [0, 0.1) is 5.92 Å². The molecule has 1 fully saturated rings. The minimum atomic E-state index is -0.147. The molecule has 1 aromatic heterocycles. The van der Waals surface area contributed by atoms with Crippen molar-refractivity contribution in [3.05, 3.63) is 12.2 Å². The van der Waals surface area contributed by atoms with Gasteiger partial charge in [-0.2, -0.15) is 5.10 Å². The summed E-state index contributed by atoms with van der Waals surface area (Å²) in [6.07, 6.45) is 5.96. The van der Waals surface area contributed by atoms with Gasteiger partial charge in [-0.05, 0) is 18.8 Å². The summed E-state index contributed by atoms with van der Waals surface area (Å²) in [5.74, 6) is 0.860. The fourth-order valence-corrected chi connectivity index (χ4v) is 2.13. The van der Waals surface area contributed by atoms with E-state index in [0.29, 0.717) is 17.8 Å². The largest absolute Gasteiger partial charge is 0.347 e. The van der Waals surface area contributed by atoms with Gasteiger partial charge in [0.25, 0.3) is 5.91 Å². The highest BCUT2D eigenvalue weighted by Gasteiger charge is 2.21. The lowest BCUT2D eigenvalue weighted by Crippen LogP contribution is -2.38. The highest BCUT2D eigenvalue weighted by atomic mass is 16.2. The number of rotatable bonds is 2. The molecule has 2 rings (SSSR count). The summed E-state index contributed by atoms with van der Waals surface area (Å²) in [6, 6.07) is 0.298. The van der Waals surface area contributed by atoms with Gasteiger partial charge in [0.15, 0.2) is 0 Å². The van der Waals surface area contributed by atoms with E-state index in [-0.39, 0.29) is 5.91 Å². The zero-order valence-corrected chi connectivity index (χ0v) is 8.86. The number of carbonyl (C=O) groups is 1. The van der Waals surface area contributed by atoms with E-state index in [1.807, 2.05) is 0 Å². The van der Waals surface area contributed by atoms with E-state index in [1.54, 1.807) is 0 Å². The lowest BCUT2D eigenvalue weighted by Gasteiger charge is -2.26. The van der Waals surface area contributed by atoms with Crippen LogP contribution in [0.1, 0.15) is 43.2 Å². The highest BCUT2D eigenvalue weighted by molar-refractivity contribution is 5.90. The second-order valence-corrected chi connectivity index (χ2v) is 4.28. The molecule has 1 aromatic rings. The highest BCUT2D eigenvalue weighted by Crippen LogP contribution is 2.23. The van der Waals surface area contributed by atoms with Gasteiger partial charge in [-0.1, -0.05) is 19.8 Å². The van der Waals surface area contributed by atoms with E-state index < -0.39 is 0 Å². The first kappa shape index (κ1) is 10.1. The molecule has 2 atom stereocenters. The first-order valence-corrected chi connectivity index (χ1v) is 5.42. The van der Waals surface area contributed by atoms with Gasteiger partial charge >= 0.3 is 0 Å². The molecule has 0 bridgehead atoms. The molecule has 2 N–H and O–H groups in total. The van der Waals surface area contributed by atoms with E-state index in [1.165, 1.54) is 19.2 Å². The zero-order chi connectivity index (χ0) is 10.7. The van der Waals surface area contributed by atoms with Crippen LogP contribution in [0.25, 0.3) is 0 Å². The number of aromatic amines is 1. The maximum Gasteiger partial charge on any atom is 0.288 e. The Kier molecular flexibility index (Phi) is 2.99. The molecule has 5 heteroatoms. The molecule has 0 aliphatic heterocycles. The molecular formula is C10H16N4O. The predicted octanol–water partition coefficient (Wildman–Crippen LogP) is 1.11. The van der Waals surface area contributed by atoms with Gasteiger partial charge in [0.2, 0.25) is 5.82 Å². The third kappa shape index (κ3) is 2.55. The summed E-state index contributed by atoms with van der Waals surface area (Å²) in [7, 11) is 0. The molecule has 1 aliphatic carbocycles. The quantitative estimate of drug-likeness (QED) is 0.765. The molecule has 0 radical (unpaired) electrons. The number of amides is 1. The Morgan fingerprint density at radius 3 is 3.13 bits per heavy atom. The third-order valence-corrected chi connectivity index (χ3v) is 2.90. The van der Waals surface area contributed by atoms with E-state index in [4.69, 9.17) is 0 Å². The fraction of sp³-hybridized carbons (Fsp3) is 0.700. The summed E-state index contributed by atoms with van der Waals surface area (Å²) >= 11 is 0. The van der Waals surface area contributed by atoms with Crippen molar-refractivity contribution in [1.82, 2.24) is 20.5 Å². The molecule has 5 nitrogen and oxygen atoms in total. The number of aromatic nitrogens is 3. The SMILES string of the molecule is CC1CCCC(NC(=O)c2ncn[nH]2)C1. The van der Waals surface area contributed by atoms with Gasteiger partial charge in [-0.15, -0.1) is 0 Å². The summed E-state index contributed by atoms with van der Waals surface area (Å²) in [4.78, 5) is 15.5. The van der Waals surface area contributed by atoms with Crippen LogP contribution >= 0.6 is 0 Å². The van der Waals surface area contributed by atoms with Crippen molar-refractivity contribution in [1.29, 1.82) is 0 Å². The Morgan fingerprint density at radius 2 is 2.47 bits per heavy atom. The molecule has 15 heavy (non-hydrogen) atoms. The molecule has 0 aromatic carbocycles. The second kappa shape index (κ2) is 4.42. The van der Waals surface area contributed by atoms with Crippen molar-refractivity contribution in [2.45, 2.75) is 38.6 Å². The predicted molar refractivity (Wildman–Crippen MR) is 55.3 cm³/mol. The average molecular weight is 208 g/mol. The zero-order valence-electron chi connectivity index (χ0n) is 8.86. The first-order chi connectivity index (χ1) is 7.25. The average Bonchev–Trinajstić information content (AvgIpc) is 2.70. The molecule has 1 aliphatic rings. The number of hydrogen-bond donors (Lipinski definition) is 2. The van der Waals surface area contributed by atoms with Gasteiger partial charge in [0, 0.05) is 6.04 Å². The number of nitrogens with one attached hydrogen (secondary N) is 2. The van der Waals surface area contributed by atoms with E-state index in [2.05, 4.69) is 27.4 Å². The van der Waals surface area contributed by atoms with E-state index in [0.717, 1.165) is 12.8 Å². The van der Waals surface area contributed by atoms with Crippen LogP contribution in [-0.4, -0.2) is 27.1 Å². The lowest BCUT2D eigenvalue weighted by molar-refractivity contribution is 0.0911. The van der Waals surface area contributed by atoms with Crippen molar-refractivity contribution in [2.75, 3.05) is 0 Å². The number of H-pyrrole nitrogens is 1. The molecule has 82 valence electrons. The molecule has 0 saturated heterocycles. The summed E-state index contributed by atoms with van der Waals surface area (Å²) in [6.45, 7) is 2.23. The third-order valence-electron chi connectivity index (χ3n) is 2.90. The van der Waals surface area contributed by atoms with Crippen molar-refractivity contribution >= 4 is 5.91 Å². The second-order valence-electron chi connectivity index (χ2n) is 4.28. The Labute approximate surface area is 88.7 Å². The summed E-state index contributed by atoms with van der Waals surface area (Å²) < 4.78 is 0. The van der Waals surface area contributed by atoms with E-state index >= 15 is 0 Å². The fourth-order valence-electron chi connectivity index (χ4n) is 2.13. The number of nitrogens with zero attached hydrogens (tertiary/aromatic N) is 2. The molecule has 2 unspecified atom stereocenters. The number of hydrogen-bond acceptors (Lipinski definition) is 3. The molecular weight excluding hydrogens is 192 g/mol. The van der Waals surface area contributed by atoms with Gasteiger partial charge in [0.05, 0.1) is 0 Å². The van der Waals surface area contributed by atoms with E-state index in [9.17, 15) is 4.79 Å². The van der Waals surface area contributed by atoms with Crippen LogP contribution in [-0.2, 0) is 0 Å². The van der Waals surface area contributed by atoms with Crippen molar-refractivity contribution in [3.8, 4) is 0 Å². The monoisotopic (exact) mass is 208 g/mol. The van der Waals surface area contributed by atoms with Crippen LogP contribution in [0.15, 0.2) is 6.33 Å². The normalized spacial score (nSPS) is 26.2. The number of carbonyl (C=O) groups excluding carboxylic acids is 1. The first-order valence-electron chi connectivity index (χ1n) is 5.42. The van der Waals surface area contributed by atoms with Gasteiger partial charge < -0.3 is 5.32 Å². The minimum Gasteiger partial charge on any atom is -0.347 e. The van der Waals surface area contributed by atoms with Crippen molar-refractivity contribution in [3.63, 3.8) is 0 Å². The maximum absolute atomic E-state index is 11.6. The van der Waals surface area contributed by atoms with Gasteiger partial charge in [0.1, 0.15) is 6.33 Å². The van der Waals surface area contributed by atoms with Crippen LogP contribution in [0.4, 0.5) is 0 Å². The van der Waals surface area contributed by atoms with Crippen LogP contribution in [0.5, 0.6) is 0 Å². The lowest BCUT2D eigenvalue weighted by atomic mass is 9.87. The smallest absolute Gasteiger partial charge is 0.288 e. The standard InChI is InChI=1S/C10H16N4O/c1-7-3-2-4-8(5-7)13-10(15)9-11-6-12-14-9/h6-8H,2-5H2,1H3,(H,13,15)(H,11,12,14). The Balaban J connectivity index is 1.89. The Morgan fingerprint density at radius 1 is 1.60 bits per heavy atom. The maximum atomic E-state index is 11.6. The van der Waals surface area contributed by atoms with Crippen LogP contribution in [0.2, 0.25) is 0 Å². The molecule has 1 amide bonds. The van der Waals surface area contributed by atoms with Crippen molar-refractivity contribution < 1.29 is 4.79 Å². The Bertz CT molecular complexity index is 322. The molecule has 1 heterocycles. The molecule has 1 saturated carbocycles. The van der Waals surface area contributed by atoms with Gasteiger partial charge in [-0.25, -0.2) is 4.98 Å². The van der Waals surface area contributed by atoms with Crippen LogP contribution < -0.4 is 5.32 Å². The summed E-state index contributed by atoms with van der Waals surface area (Å²) in [5, 5.41) is 9.20. The Hall–Kier alpha value is -1.39. The van der Waals surface area contributed by atoms with Gasteiger partial charge in [-0.3, -0.25) is 9.89 Å². The van der Waals surface area contributed by atoms with Crippen molar-refractivity contribution in [2.24, 2.45) is 5.92 Å².